The number of nitrogens with one attached hydrogen (secondary N) is 1. The maximum atomic E-state index is 11.7. The number of hydrogen-bond acceptors (Lipinski definition) is 4. The number of carbonyl (C=O) groups excluding carboxylic acids is 1. The van der Waals surface area contributed by atoms with Crippen LogP contribution in [0.5, 0.6) is 0 Å². The van der Waals surface area contributed by atoms with E-state index in [2.05, 4.69) is 33.1 Å². The van der Waals surface area contributed by atoms with Crippen molar-refractivity contribution < 1.29 is 9.53 Å². The van der Waals surface area contributed by atoms with E-state index in [-0.39, 0.29) is 5.91 Å². The van der Waals surface area contributed by atoms with Crippen LogP contribution in [-0.2, 0) is 9.53 Å². The molecule has 0 radical (unpaired) electrons. The Kier molecular flexibility index (Phi) is 3.70. The van der Waals surface area contributed by atoms with Gasteiger partial charge in [-0.25, -0.2) is 0 Å². The third kappa shape index (κ3) is 2.21. The number of benzene rings is 1. The summed E-state index contributed by atoms with van der Waals surface area (Å²) in [6, 6.07) is 3.76. The number of nitrogens with two attached hydrogens (primary N) is 1. The molecule has 2 atom stereocenters. The monoisotopic (exact) mass is 339 g/mol. The van der Waals surface area contributed by atoms with Crippen LogP contribution in [0.25, 0.3) is 0 Å². The molecule has 6 heteroatoms. The molecule has 3 N–H and O–H groups in total. The number of ether oxygens (including phenoxy) is 1. The number of fused-ring (bicyclic) bond motifs is 1. The van der Waals surface area contributed by atoms with E-state index in [4.69, 9.17) is 10.5 Å². The predicted octanol–water partition coefficient (Wildman–Crippen LogP) is 2.02. The third-order valence-corrected chi connectivity index (χ3v) is 4.64. The number of hydrogen-bond donors (Lipinski definition) is 2. The number of morpholine rings is 1. The van der Waals surface area contributed by atoms with Gasteiger partial charge in [0.2, 0.25) is 5.91 Å². The van der Waals surface area contributed by atoms with E-state index in [1.54, 1.807) is 0 Å². The second-order valence-electron chi connectivity index (χ2n) is 5.19. The molecule has 2 unspecified atom stereocenters. The molecule has 2 aliphatic rings. The molecule has 0 spiro atoms. The summed E-state index contributed by atoms with van der Waals surface area (Å²) in [6.07, 6.45) is 1.02. The largest absolute Gasteiger partial charge is 0.377 e. The smallest absolute Gasteiger partial charge is 0.245 e. The fraction of sp³-hybridized carbons (Fsp3) is 0.500. The van der Waals surface area contributed by atoms with Crippen molar-refractivity contribution in [3.8, 4) is 0 Å². The molecule has 2 aliphatic heterocycles. The van der Waals surface area contributed by atoms with Crippen LogP contribution < -0.4 is 16.0 Å². The quantitative estimate of drug-likeness (QED) is 0.864. The Balaban J connectivity index is 1.99. The van der Waals surface area contributed by atoms with Gasteiger partial charge in [0.05, 0.1) is 24.9 Å². The zero-order valence-electron chi connectivity index (χ0n) is 11.4. The lowest BCUT2D eigenvalue weighted by Crippen LogP contribution is -2.45. The van der Waals surface area contributed by atoms with Crippen molar-refractivity contribution in [3.63, 3.8) is 0 Å². The Bertz CT molecular complexity index is 549. The van der Waals surface area contributed by atoms with Gasteiger partial charge < -0.3 is 20.7 Å². The summed E-state index contributed by atoms with van der Waals surface area (Å²) < 4.78 is 6.52. The zero-order chi connectivity index (χ0) is 14.3. The Morgan fingerprint density at radius 2 is 2.35 bits per heavy atom. The van der Waals surface area contributed by atoms with Crippen LogP contribution in [0.2, 0.25) is 0 Å². The van der Waals surface area contributed by atoms with Gasteiger partial charge in [-0.3, -0.25) is 4.79 Å². The summed E-state index contributed by atoms with van der Waals surface area (Å²) in [5.74, 6) is -0.141. The van der Waals surface area contributed by atoms with Crippen molar-refractivity contribution in [2.75, 3.05) is 30.0 Å². The third-order valence-electron chi connectivity index (χ3n) is 4.00. The van der Waals surface area contributed by atoms with Crippen molar-refractivity contribution in [1.29, 1.82) is 0 Å². The number of anilines is 2. The number of rotatable bonds is 2. The molecule has 1 aromatic rings. The molecule has 5 nitrogen and oxygen atoms in total. The Labute approximate surface area is 126 Å². The predicted molar refractivity (Wildman–Crippen MR) is 81.9 cm³/mol. The topological polar surface area (TPSA) is 67.6 Å². The molecule has 0 saturated carbocycles. The first kappa shape index (κ1) is 13.9. The molecule has 0 bridgehead atoms. The molecular formula is C14H18BrN3O2. The van der Waals surface area contributed by atoms with Crippen molar-refractivity contribution >= 4 is 33.2 Å². The Morgan fingerprint density at radius 3 is 3.10 bits per heavy atom. The van der Waals surface area contributed by atoms with Gasteiger partial charge in [-0.05, 0) is 34.5 Å². The van der Waals surface area contributed by atoms with Gasteiger partial charge in [-0.15, -0.1) is 0 Å². The summed E-state index contributed by atoms with van der Waals surface area (Å²) in [5, 5.41) is 2.84. The first-order chi connectivity index (χ1) is 9.61. The highest BCUT2D eigenvalue weighted by Gasteiger charge is 2.30. The van der Waals surface area contributed by atoms with Crippen LogP contribution in [0.4, 0.5) is 11.4 Å². The van der Waals surface area contributed by atoms with Gasteiger partial charge in [-0.1, -0.05) is 6.92 Å². The van der Waals surface area contributed by atoms with Gasteiger partial charge in [0.1, 0.15) is 6.04 Å². The molecule has 108 valence electrons. The van der Waals surface area contributed by atoms with E-state index in [9.17, 15) is 4.79 Å². The van der Waals surface area contributed by atoms with E-state index in [0.717, 1.165) is 47.6 Å². The number of amides is 1. The lowest BCUT2D eigenvalue weighted by Gasteiger charge is -2.37. The standard InChI is InChI=1S/C14H18BrN3O2/c1-2-8-7-20-4-3-18(8)12-6-11-9(5-10(12)15)13(16)14(19)17-11/h5-6,8,13H,2-4,7,16H2,1H3,(H,17,19). The molecule has 1 saturated heterocycles. The van der Waals surface area contributed by atoms with Crippen LogP contribution in [0, 0.1) is 0 Å². The van der Waals surface area contributed by atoms with E-state index in [0.29, 0.717) is 6.04 Å². The molecular weight excluding hydrogens is 322 g/mol. The SMILES string of the molecule is CCC1COCCN1c1cc2c(cc1Br)C(N)C(=O)N2. The minimum atomic E-state index is -0.568. The maximum absolute atomic E-state index is 11.7. The minimum absolute atomic E-state index is 0.141. The second-order valence-corrected chi connectivity index (χ2v) is 6.04. The maximum Gasteiger partial charge on any atom is 0.245 e. The van der Waals surface area contributed by atoms with Gasteiger partial charge in [0.15, 0.2) is 0 Å². The molecule has 3 rings (SSSR count). The average molecular weight is 340 g/mol. The number of nitrogens with zero attached hydrogens (tertiary/aromatic N) is 1. The first-order valence-electron chi connectivity index (χ1n) is 6.86. The number of halogens is 1. The molecule has 0 aromatic heterocycles. The second kappa shape index (κ2) is 5.35. The Hall–Kier alpha value is -1.11. The van der Waals surface area contributed by atoms with Crippen molar-refractivity contribution in [2.45, 2.75) is 25.4 Å². The molecule has 1 amide bonds. The molecule has 2 heterocycles. The van der Waals surface area contributed by atoms with Gasteiger partial charge >= 0.3 is 0 Å². The normalized spacial score (nSPS) is 25.6. The van der Waals surface area contributed by atoms with E-state index in [1.165, 1.54) is 0 Å². The summed E-state index contributed by atoms with van der Waals surface area (Å²) in [5.41, 5.74) is 8.64. The molecule has 0 aliphatic carbocycles. The van der Waals surface area contributed by atoms with E-state index < -0.39 is 6.04 Å². The van der Waals surface area contributed by atoms with Gasteiger partial charge in [-0.2, -0.15) is 0 Å². The van der Waals surface area contributed by atoms with Crippen LogP contribution in [0.1, 0.15) is 24.9 Å². The van der Waals surface area contributed by atoms with Crippen LogP contribution in [0.15, 0.2) is 16.6 Å². The lowest BCUT2D eigenvalue weighted by atomic mass is 10.1. The molecule has 20 heavy (non-hydrogen) atoms. The summed E-state index contributed by atoms with van der Waals surface area (Å²) in [6.45, 7) is 4.49. The highest BCUT2D eigenvalue weighted by atomic mass is 79.9. The fourth-order valence-corrected chi connectivity index (χ4v) is 3.41. The van der Waals surface area contributed by atoms with Crippen molar-refractivity contribution in [2.24, 2.45) is 5.73 Å². The van der Waals surface area contributed by atoms with Crippen molar-refractivity contribution in [1.82, 2.24) is 0 Å². The summed E-state index contributed by atoms with van der Waals surface area (Å²) in [7, 11) is 0. The minimum Gasteiger partial charge on any atom is -0.377 e. The highest BCUT2D eigenvalue weighted by molar-refractivity contribution is 9.10. The fourth-order valence-electron chi connectivity index (χ4n) is 2.82. The van der Waals surface area contributed by atoms with Crippen LogP contribution in [-0.4, -0.2) is 31.7 Å². The van der Waals surface area contributed by atoms with E-state index >= 15 is 0 Å². The highest BCUT2D eigenvalue weighted by Crippen LogP contribution is 2.39. The Morgan fingerprint density at radius 1 is 1.55 bits per heavy atom. The van der Waals surface area contributed by atoms with Gasteiger partial charge in [0, 0.05) is 22.3 Å². The first-order valence-corrected chi connectivity index (χ1v) is 7.65. The van der Waals surface area contributed by atoms with Gasteiger partial charge in [0.25, 0.3) is 0 Å². The van der Waals surface area contributed by atoms with Crippen LogP contribution in [0.3, 0.4) is 0 Å². The summed E-state index contributed by atoms with van der Waals surface area (Å²) in [4.78, 5) is 14.0. The lowest BCUT2D eigenvalue weighted by molar-refractivity contribution is -0.116. The van der Waals surface area contributed by atoms with E-state index in [1.807, 2.05) is 12.1 Å². The molecule has 1 aromatic carbocycles. The van der Waals surface area contributed by atoms with Crippen molar-refractivity contribution in [3.05, 3.63) is 22.2 Å². The number of carbonyl (C=O) groups is 1. The van der Waals surface area contributed by atoms with Crippen LogP contribution >= 0.6 is 15.9 Å². The molecule has 1 fully saturated rings. The summed E-state index contributed by atoms with van der Waals surface area (Å²) >= 11 is 3.61. The average Bonchev–Trinajstić information content (AvgIpc) is 2.73. The zero-order valence-corrected chi connectivity index (χ0v) is 12.9.